The molecule has 0 bridgehead atoms. The van der Waals surface area contributed by atoms with Crippen LogP contribution in [0.4, 0.5) is 0 Å². The average Bonchev–Trinajstić information content (AvgIpc) is 2.34. The zero-order valence-electron chi connectivity index (χ0n) is 14.0. The molecule has 0 saturated heterocycles. The molecular weight excluding hydrogens is 246 g/mol. The predicted octanol–water partition coefficient (Wildman–Crippen LogP) is 3.45. The minimum atomic E-state index is 0.149. The van der Waals surface area contributed by atoms with Crippen molar-refractivity contribution in [3.8, 4) is 0 Å². The van der Waals surface area contributed by atoms with E-state index in [1.165, 1.54) is 12.0 Å². The second-order valence-electron chi connectivity index (χ2n) is 7.18. The molecule has 0 unspecified atom stereocenters. The van der Waals surface area contributed by atoms with Gasteiger partial charge in [-0.15, -0.1) is 0 Å². The Kier molecular flexibility index (Phi) is 6.63. The Bertz CT molecular complexity index is 376. The van der Waals surface area contributed by atoms with E-state index in [9.17, 15) is 0 Å². The standard InChI is InChI=1S/C17H31N3/c1-14(2)9-10-20(6)13-16-8-7-15(11-18-16)12-19-17(3,4)5/h7-8,11,14,19H,9-10,12-13H2,1-6H3. The molecule has 1 N–H and O–H groups in total. The topological polar surface area (TPSA) is 28.2 Å². The first-order valence-electron chi connectivity index (χ1n) is 7.63. The normalized spacial score (nSPS) is 12.4. The third-order valence-electron chi connectivity index (χ3n) is 3.23. The summed E-state index contributed by atoms with van der Waals surface area (Å²) in [5.41, 5.74) is 2.54. The molecule has 3 heteroatoms. The summed E-state index contributed by atoms with van der Waals surface area (Å²) in [7, 11) is 2.17. The molecule has 0 atom stereocenters. The summed E-state index contributed by atoms with van der Waals surface area (Å²) in [6, 6.07) is 4.32. The van der Waals surface area contributed by atoms with Crippen LogP contribution < -0.4 is 5.32 Å². The highest BCUT2D eigenvalue weighted by atomic mass is 15.1. The summed E-state index contributed by atoms with van der Waals surface area (Å²) in [6.45, 7) is 14.0. The van der Waals surface area contributed by atoms with Gasteiger partial charge in [0.25, 0.3) is 0 Å². The van der Waals surface area contributed by atoms with E-state index in [0.29, 0.717) is 0 Å². The third-order valence-corrected chi connectivity index (χ3v) is 3.23. The molecule has 3 nitrogen and oxygen atoms in total. The van der Waals surface area contributed by atoms with Crippen LogP contribution in [0.2, 0.25) is 0 Å². The van der Waals surface area contributed by atoms with Crippen molar-refractivity contribution < 1.29 is 0 Å². The molecule has 0 aliphatic carbocycles. The monoisotopic (exact) mass is 277 g/mol. The highest BCUT2D eigenvalue weighted by Gasteiger charge is 2.08. The van der Waals surface area contributed by atoms with Crippen LogP contribution in [0.3, 0.4) is 0 Å². The number of aromatic nitrogens is 1. The SMILES string of the molecule is CC(C)CCN(C)Cc1ccc(CNC(C)(C)C)cn1. The van der Waals surface area contributed by atoms with Gasteiger partial charge in [0.15, 0.2) is 0 Å². The van der Waals surface area contributed by atoms with Crippen molar-refractivity contribution in [3.05, 3.63) is 29.6 Å². The first kappa shape index (κ1) is 17.1. The van der Waals surface area contributed by atoms with Crippen molar-refractivity contribution >= 4 is 0 Å². The van der Waals surface area contributed by atoms with Crippen LogP contribution in [0.5, 0.6) is 0 Å². The predicted molar refractivity (Wildman–Crippen MR) is 86.6 cm³/mol. The van der Waals surface area contributed by atoms with Gasteiger partial charge in [-0.1, -0.05) is 19.9 Å². The van der Waals surface area contributed by atoms with E-state index in [-0.39, 0.29) is 5.54 Å². The highest BCUT2D eigenvalue weighted by Crippen LogP contribution is 2.07. The van der Waals surface area contributed by atoms with Crippen molar-refractivity contribution in [2.75, 3.05) is 13.6 Å². The maximum atomic E-state index is 4.56. The van der Waals surface area contributed by atoms with Crippen molar-refractivity contribution in [1.82, 2.24) is 15.2 Å². The Morgan fingerprint density at radius 3 is 2.45 bits per heavy atom. The van der Waals surface area contributed by atoms with Crippen LogP contribution in [-0.2, 0) is 13.1 Å². The Morgan fingerprint density at radius 1 is 1.25 bits per heavy atom. The number of nitrogens with zero attached hydrogens (tertiary/aromatic N) is 2. The molecule has 1 heterocycles. The summed E-state index contributed by atoms with van der Waals surface area (Å²) in [4.78, 5) is 6.91. The zero-order valence-corrected chi connectivity index (χ0v) is 14.0. The Labute approximate surface area is 124 Å². The van der Waals surface area contributed by atoms with E-state index in [4.69, 9.17) is 0 Å². The van der Waals surface area contributed by atoms with Crippen LogP contribution in [0.25, 0.3) is 0 Å². The Hall–Kier alpha value is -0.930. The van der Waals surface area contributed by atoms with Gasteiger partial charge < -0.3 is 10.2 Å². The lowest BCUT2D eigenvalue weighted by Gasteiger charge is -2.20. The van der Waals surface area contributed by atoms with Gasteiger partial charge in [0.05, 0.1) is 5.69 Å². The smallest absolute Gasteiger partial charge is 0.0544 e. The number of rotatable bonds is 7. The summed E-state index contributed by atoms with van der Waals surface area (Å²) < 4.78 is 0. The molecule has 0 aromatic carbocycles. The molecule has 1 aromatic heterocycles. The summed E-state index contributed by atoms with van der Waals surface area (Å²) in [5.74, 6) is 0.760. The minimum absolute atomic E-state index is 0.149. The van der Waals surface area contributed by atoms with Gasteiger partial charge in [-0.05, 0) is 58.3 Å². The lowest BCUT2D eigenvalue weighted by Crippen LogP contribution is -2.35. The Morgan fingerprint density at radius 2 is 1.95 bits per heavy atom. The fourth-order valence-electron chi connectivity index (χ4n) is 1.85. The van der Waals surface area contributed by atoms with E-state index in [1.807, 2.05) is 6.20 Å². The largest absolute Gasteiger partial charge is 0.308 e. The number of hydrogen-bond donors (Lipinski definition) is 1. The molecule has 1 aromatic rings. The maximum absolute atomic E-state index is 4.56. The summed E-state index contributed by atoms with van der Waals surface area (Å²) >= 11 is 0. The second kappa shape index (κ2) is 7.75. The fraction of sp³-hybridized carbons (Fsp3) is 0.706. The lowest BCUT2D eigenvalue weighted by molar-refractivity contribution is 0.300. The van der Waals surface area contributed by atoms with Gasteiger partial charge in [0.2, 0.25) is 0 Å². The fourth-order valence-corrected chi connectivity index (χ4v) is 1.85. The average molecular weight is 277 g/mol. The Balaban J connectivity index is 2.42. The van der Waals surface area contributed by atoms with Crippen molar-refractivity contribution in [2.45, 2.75) is 59.7 Å². The van der Waals surface area contributed by atoms with Crippen molar-refractivity contribution in [1.29, 1.82) is 0 Å². The lowest BCUT2D eigenvalue weighted by atomic mass is 10.1. The first-order valence-corrected chi connectivity index (χ1v) is 7.63. The zero-order chi connectivity index (χ0) is 15.2. The molecular formula is C17H31N3. The number of nitrogens with one attached hydrogen (secondary N) is 1. The van der Waals surface area contributed by atoms with Crippen LogP contribution in [0, 0.1) is 5.92 Å². The van der Waals surface area contributed by atoms with E-state index >= 15 is 0 Å². The molecule has 0 amide bonds. The third kappa shape index (κ3) is 7.61. The molecule has 0 spiro atoms. The highest BCUT2D eigenvalue weighted by molar-refractivity contribution is 5.14. The molecule has 0 radical (unpaired) electrons. The van der Waals surface area contributed by atoms with Gasteiger partial charge in [0, 0.05) is 24.8 Å². The van der Waals surface area contributed by atoms with Crippen molar-refractivity contribution in [3.63, 3.8) is 0 Å². The quantitative estimate of drug-likeness (QED) is 0.827. The van der Waals surface area contributed by atoms with Gasteiger partial charge >= 0.3 is 0 Å². The van der Waals surface area contributed by atoms with E-state index in [1.54, 1.807) is 0 Å². The molecule has 114 valence electrons. The van der Waals surface area contributed by atoms with E-state index in [2.05, 4.69) is 69.0 Å². The minimum Gasteiger partial charge on any atom is -0.308 e. The van der Waals surface area contributed by atoms with Crippen LogP contribution in [0.15, 0.2) is 18.3 Å². The van der Waals surface area contributed by atoms with Crippen LogP contribution >= 0.6 is 0 Å². The molecule has 0 fully saturated rings. The van der Waals surface area contributed by atoms with E-state index < -0.39 is 0 Å². The van der Waals surface area contributed by atoms with Gasteiger partial charge in [0.1, 0.15) is 0 Å². The molecule has 0 aliphatic heterocycles. The number of pyridine rings is 1. The number of hydrogen-bond acceptors (Lipinski definition) is 3. The van der Waals surface area contributed by atoms with Gasteiger partial charge in [-0.2, -0.15) is 0 Å². The van der Waals surface area contributed by atoms with Crippen LogP contribution in [-0.4, -0.2) is 29.0 Å². The molecule has 20 heavy (non-hydrogen) atoms. The maximum Gasteiger partial charge on any atom is 0.0544 e. The first-order chi connectivity index (χ1) is 9.26. The van der Waals surface area contributed by atoms with Crippen LogP contribution in [0.1, 0.15) is 52.3 Å². The van der Waals surface area contributed by atoms with E-state index in [0.717, 1.165) is 31.2 Å². The van der Waals surface area contributed by atoms with Crippen molar-refractivity contribution in [2.24, 2.45) is 5.92 Å². The molecule has 0 aliphatic rings. The summed E-state index contributed by atoms with van der Waals surface area (Å²) in [6.07, 6.45) is 3.23. The van der Waals surface area contributed by atoms with Gasteiger partial charge in [-0.25, -0.2) is 0 Å². The molecule has 0 saturated carbocycles. The summed E-state index contributed by atoms with van der Waals surface area (Å²) in [5, 5.41) is 3.48. The molecule has 1 rings (SSSR count). The van der Waals surface area contributed by atoms with Gasteiger partial charge in [-0.3, -0.25) is 4.98 Å². The second-order valence-corrected chi connectivity index (χ2v) is 7.18.